The van der Waals surface area contributed by atoms with E-state index in [-0.39, 0.29) is 3.04 Å². The first kappa shape index (κ1) is 20.2. The molecule has 0 amide bonds. The van der Waals surface area contributed by atoms with Gasteiger partial charge in [-0.1, -0.05) is 97.4 Å². The Morgan fingerprint density at radius 1 is 0.889 bits per heavy atom. The first-order chi connectivity index (χ1) is 7.56. The van der Waals surface area contributed by atoms with E-state index < -0.39 is 24.2 Å². The third kappa shape index (κ3) is 4.32. The summed E-state index contributed by atoms with van der Waals surface area (Å²) in [6.45, 7) is 22.0. The Balaban J connectivity index is 5.77. The van der Waals surface area contributed by atoms with Gasteiger partial charge in [-0.25, -0.2) is 0 Å². The van der Waals surface area contributed by atoms with Crippen molar-refractivity contribution < 1.29 is 0 Å². The summed E-state index contributed by atoms with van der Waals surface area (Å²) in [4.78, 5) is 0. The van der Waals surface area contributed by atoms with E-state index in [1.807, 2.05) is 0 Å². The number of alkyl halides is 3. The monoisotopic (exact) mass is 498 g/mol. The number of hydrogen-bond acceptors (Lipinski definition) is 0. The van der Waals surface area contributed by atoms with Crippen molar-refractivity contribution in [3.8, 4) is 0 Å². The van der Waals surface area contributed by atoms with Gasteiger partial charge in [-0.2, -0.15) is 0 Å². The topological polar surface area (TPSA) is 0 Å². The summed E-state index contributed by atoms with van der Waals surface area (Å²) in [5.41, 5.74) is 0. The average molecular weight is 500 g/mol. The Hall–Kier alpha value is 2.15. The van der Waals surface area contributed by atoms with Crippen molar-refractivity contribution in [1.82, 2.24) is 0 Å². The van der Waals surface area contributed by atoms with Crippen molar-refractivity contribution in [2.45, 2.75) is 71.4 Å². The number of rotatable bonds is 5. The molecule has 6 heteroatoms. The molecule has 0 rings (SSSR count). The van der Waals surface area contributed by atoms with Crippen LogP contribution in [0.2, 0.25) is 58.9 Å². The summed E-state index contributed by atoms with van der Waals surface area (Å²) < 4.78 is 0.820. The molecule has 0 saturated carbocycles. The highest BCUT2D eigenvalue weighted by molar-refractivity contribution is 14.1. The maximum Gasteiger partial charge on any atom is 0.0662 e. The van der Waals surface area contributed by atoms with Gasteiger partial charge in [0.2, 0.25) is 0 Å². The lowest BCUT2D eigenvalue weighted by atomic mass is 10.5. The molecule has 0 aromatic heterocycles. The van der Waals surface area contributed by atoms with Crippen LogP contribution in [0.3, 0.4) is 0 Å². The van der Waals surface area contributed by atoms with Crippen LogP contribution in [0.25, 0.3) is 0 Å². The fraction of sp³-hybridized carbons (Fsp3) is 1.00. The second-order valence-electron chi connectivity index (χ2n) is 8.48. The maximum absolute atomic E-state index is 7.03. The van der Waals surface area contributed by atoms with Gasteiger partial charge in [0.05, 0.1) is 24.2 Å². The molecule has 0 radical (unpaired) electrons. The van der Waals surface area contributed by atoms with E-state index in [2.05, 4.69) is 97.4 Å². The highest BCUT2D eigenvalue weighted by Gasteiger charge is 2.57. The molecule has 18 heavy (non-hydrogen) atoms. The van der Waals surface area contributed by atoms with Gasteiger partial charge in [-0.05, 0) is 0 Å². The Bertz CT molecular complexity index is 271. The van der Waals surface area contributed by atoms with Gasteiger partial charge in [0, 0.05) is 12.5 Å². The largest absolute Gasteiger partial charge is 0.125 e. The van der Waals surface area contributed by atoms with Crippen LogP contribution in [-0.2, 0) is 0 Å². The molecule has 0 aromatic carbocycles. The van der Waals surface area contributed by atoms with Gasteiger partial charge in [0.15, 0.2) is 0 Å². The van der Waals surface area contributed by atoms with Gasteiger partial charge in [-0.15, -0.1) is 11.6 Å². The van der Waals surface area contributed by atoms with E-state index >= 15 is 0 Å². The minimum atomic E-state index is -1.38. The predicted octanol–water partition coefficient (Wildman–Crippen LogP) is 6.16. The zero-order chi connectivity index (χ0) is 15.2. The van der Waals surface area contributed by atoms with E-state index in [1.54, 1.807) is 0 Å². The summed E-state index contributed by atoms with van der Waals surface area (Å²) in [6, 6.07) is 0. The quantitative estimate of drug-likeness (QED) is 0.241. The molecule has 0 aliphatic rings. The fourth-order valence-electron chi connectivity index (χ4n) is 2.15. The highest BCUT2D eigenvalue weighted by Crippen LogP contribution is 2.48. The molecule has 110 valence electrons. The van der Waals surface area contributed by atoms with Crippen LogP contribution >= 0.6 is 50.1 Å². The molecule has 0 bridgehead atoms. The molecule has 3 atom stereocenters. The second-order valence-corrected chi connectivity index (χ2v) is 29.8. The van der Waals surface area contributed by atoms with Crippen molar-refractivity contribution in [3.63, 3.8) is 0 Å². The smallest absolute Gasteiger partial charge is 0.0662 e. The molecule has 0 aromatic rings. The van der Waals surface area contributed by atoms with Crippen LogP contribution in [0.5, 0.6) is 0 Å². The SMILES string of the molecule is C[Si](C)(C)C(Cl)C(I)(C(Br)[Si](C)(C)C)[Si](C)(C)C. The Morgan fingerprint density at radius 3 is 1.39 bits per heavy atom. The van der Waals surface area contributed by atoms with Crippen LogP contribution in [0.15, 0.2) is 0 Å². The zero-order valence-electron chi connectivity index (χ0n) is 13.3. The van der Waals surface area contributed by atoms with E-state index in [0.29, 0.717) is 9.45 Å². The highest BCUT2D eigenvalue weighted by atomic mass is 127. The van der Waals surface area contributed by atoms with Gasteiger partial charge in [0.25, 0.3) is 0 Å². The molecular formula is C12H29BrClISi3. The minimum Gasteiger partial charge on any atom is -0.125 e. The van der Waals surface area contributed by atoms with Crippen LogP contribution in [-0.4, -0.2) is 36.7 Å². The van der Waals surface area contributed by atoms with Crippen LogP contribution in [0.4, 0.5) is 0 Å². The van der Waals surface area contributed by atoms with E-state index in [9.17, 15) is 0 Å². The number of halogens is 3. The lowest BCUT2D eigenvalue weighted by molar-refractivity contribution is 0.886. The zero-order valence-corrected chi connectivity index (χ0v) is 20.8. The van der Waals surface area contributed by atoms with Crippen molar-refractivity contribution in [1.29, 1.82) is 0 Å². The summed E-state index contributed by atoms with van der Waals surface area (Å²) in [5.74, 6) is 0. The lowest BCUT2D eigenvalue weighted by Gasteiger charge is -2.52. The third-order valence-corrected chi connectivity index (χ3v) is 27.1. The van der Waals surface area contributed by atoms with Gasteiger partial charge in [0.1, 0.15) is 0 Å². The average Bonchev–Trinajstić information content (AvgIpc) is 2.09. The Labute approximate surface area is 144 Å². The summed E-state index contributed by atoms with van der Waals surface area (Å²) >= 11 is 13.8. The lowest BCUT2D eigenvalue weighted by Crippen LogP contribution is -2.69. The molecule has 0 spiro atoms. The fourth-order valence-corrected chi connectivity index (χ4v) is 21.4. The van der Waals surface area contributed by atoms with Crippen LogP contribution in [0, 0.1) is 0 Å². The van der Waals surface area contributed by atoms with E-state index in [1.165, 1.54) is 0 Å². The molecule has 0 saturated heterocycles. The van der Waals surface area contributed by atoms with Crippen molar-refractivity contribution >= 4 is 74.3 Å². The minimum absolute atomic E-state index is 0.237. The first-order valence-electron chi connectivity index (χ1n) is 6.53. The molecule has 0 aliphatic heterocycles. The van der Waals surface area contributed by atoms with Crippen LogP contribution < -0.4 is 0 Å². The predicted molar refractivity (Wildman–Crippen MR) is 109 cm³/mol. The van der Waals surface area contributed by atoms with Crippen molar-refractivity contribution in [2.24, 2.45) is 0 Å². The Kier molecular flexibility index (Phi) is 6.83. The molecule has 0 fully saturated rings. The molecule has 0 N–H and O–H groups in total. The summed E-state index contributed by atoms with van der Waals surface area (Å²) in [5, 5.41) is 0.327. The van der Waals surface area contributed by atoms with Crippen molar-refractivity contribution in [3.05, 3.63) is 0 Å². The number of hydrogen-bond donors (Lipinski definition) is 0. The summed E-state index contributed by atoms with van der Waals surface area (Å²) in [7, 11) is -4.01. The van der Waals surface area contributed by atoms with Crippen molar-refractivity contribution in [2.75, 3.05) is 0 Å². The standard InChI is InChI=1S/C12H29BrClISi3/c1-16(2,3)10(13)12(15,18(7,8)9)11(14)17(4,5)6/h10-11H,1-9H3. The van der Waals surface area contributed by atoms with Gasteiger partial charge in [-0.3, -0.25) is 0 Å². The first-order valence-corrected chi connectivity index (χ1v) is 19.6. The third-order valence-electron chi connectivity index (χ3n) is 3.41. The van der Waals surface area contributed by atoms with E-state index in [4.69, 9.17) is 11.6 Å². The molecule has 3 unspecified atom stereocenters. The summed E-state index contributed by atoms with van der Waals surface area (Å²) in [6.07, 6.45) is 0. The van der Waals surface area contributed by atoms with Gasteiger partial charge < -0.3 is 0 Å². The molecule has 0 aliphatic carbocycles. The normalized spacial score (nSPS) is 21.3. The second kappa shape index (κ2) is 6.10. The van der Waals surface area contributed by atoms with Crippen LogP contribution in [0.1, 0.15) is 0 Å². The Morgan fingerprint density at radius 2 is 1.22 bits per heavy atom. The van der Waals surface area contributed by atoms with E-state index in [0.717, 1.165) is 0 Å². The maximum atomic E-state index is 7.03. The van der Waals surface area contributed by atoms with Gasteiger partial charge >= 0.3 is 0 Å². The molecule has 0 heterocycles. The molecule has 0 nitrogen and oxygen atoms in total. The molecular weight excluding hydrogens is 471 g/mol.